The first-order valence-corrected chi connectivity index (χ1v) is 9.57. The van der Waals surface area contributed by atoms with Crippen LogP contribution in [0, 0.1) is 5.82 Å². The number of nitrogens with one attached hydrogen (secondary N) is 1. The number of amides is 2. The predicted octanol–water partition coefficient (Wildman–Crippen LogP) is 3.16. The molecule has 7 heteroatoms. The maximum atomic E-state index is 13.8. The molecule has 0 aliphatic heterocycles. The first kappa shape index (κ1) is 22.2. The number of ether oxygens (including phenoxy) is 2. The minimum Gasteiger partial charge on any atom is -0.497 e. The first-order valence-electron chi connectivity index (χ1n) is 9.57. The third kappa shape index (κ3) is 6.20. The summed E-state index contributed by atoms with van der Waals surface area (Å²) in [7, 11) is 1.58. The maximum Gasteiger partial charge on any atom is 0.261 e. The van der Waals surface area contributed by atoms with E-state index in [2.05, 4.69) is 5.32 Å². The third-order valence-corrected chi connectivity index (χ3v) is 4.44. The van der Waals surface area contributed by atoms with Gasteiger partial charge in [0.05, 0.1) is 7.11 Å². The Morgan fingerprint density at radius 3 is 2.38 bits per heavy atom. The van der Waals surface area contributed by atoms with Crippen LogP contribution in [0.4, 0.5) is 4.39 Å². The molecular formula is C22H27FN2O4. The molecule has 0 radical (unpaired) electrons. The number of hydrogen-bond acceptors (Lipinski definition) is 4. The van der Waals surface area contributed by atoms with Crippen molar-refractivity contribution in [3.63, 3.8) is 0 Å². The van der Waals surface area contributed by atoms with E-state index in [1.807, 2.05) is 26.0 Å². The van der Waals surface area contributed by atoms with Crippen molar-refractivity contribution in [2.24, 2.45) is 0 Å². The molecule has 0 aliphatic carbocycles. The van der Waals surface area contributed by atoms with Crippen molar-refractivity contribution in [1.82, 2.24) is 10.2 Å². The largest absolute Gasteiger partial charge is 0.497 e. The topological polar surface area (TPSA) is 67.9 Å². The Labute approximate surface area is 170 Å². The van der Waals surface area contributed by atoms with Gasteiger partial charge in [-0.1, -0.05) is 31.2 Å². The fourth-order valence-corrected chi connectivity index (χ4v) is 2.92. The van der Waals surface area contributed by atoms with Gasteiger partial charge in [-0.25, -0.2) is 4.39 Å². The first-order chi connectivity index (χ1) is 14.0. The highest BCUT2D eigenvalue weighted by molar-refractivity contribution is 5.88. The van der Waals surface area contributed by atoms with Crippen molar-refractivity contribution in [2.45, 2.75) is 32.9 Å². The number of hydrogen-bond donors (Lipinski definition) is 1. The zero-order valence-electron chi connectivity index (χ0n) is 17.0. The quantitative estimate of drug-likeness (QED) is 0.663. The molecule has 0 aliphatic rings. The zero-order valence-corrected chi connectivity index (χ0v) is 17.0. The van der Waals surface area contributed by atoms with Gasteiger partial charge in [0.25, 0.3) is 5.91 Å². The highest BCUT2D eigenvalue weighted by atomic mass is 19.1. The maximum absolute atomic E-state index is 13.8. The smallest absolute Gasteiger partial charge is 0.261 e. The van der Waals surface area contributed by atoms with Crippen molar-refractivity contribution >= 4 is 11.8 Å². The number of benzene rings is 2. The van der Waals surface area contributed by atoms with Crippen LogP contribution in [-0.2, 0) is 16.1 Å². The molecule has 0 saturated carbocycles. The van der Waals surface area contributed by atoms with E-state index >= 15 is 0 Å². The Kier molecular flexibility index (Phi) is 8.45. The van der Waals surface area contributed by atoms with Gasteiger partial charge in [0, 0.05) is 13.1 Å². The molecule has 0 saturated heterocycles. The lowest BCUT2D eigenvalue weighted by Gasteiger charge is -2.30. The lowest BCUT2D eigenvalue weighted by atomic mass is 10.1. The van der Waals surface area contributed by atoms with Crippen LogP contribution < -0.4 is 14.8 Å². The van der Waals surface area contributed by atoms with Gasteiger partial charge in [0.2, 0.25) is 5.91 Å². The zero-order chi connectivity index (χ0) is 21.2. The molecule has 2 aromatic rings. The van der Waals surface area contributed by atoms with Crippen molar-refractivity contribution < 1.29 is 23.5 Å². The Balaban J connectivity index is 2.20. The summed E-state index contributed by atoms with van der Waals surface area (Å²) in [5.41, 5.74) is 0.841. The van der Waals surface area contributed by atoms with Gasteiger partial charge >= 0.3 is 0 Å². The summed E-state index contributed by atoms with van der Waals surface area (Å²) in [4.78, 5) is 26.9. The number of carbonyl (C=O) groups is 2. The molecule has 0 heterocycles. The van der Waals surface area contributed by atoms with Crippen LogP contribution in [0.25, 0.3) is 0 Å². The Morgan fingerprint density at radius 1 is 1.10 bits per heavy atom. The number of carbonyl (C=O) groups excluding carboxylic acids is 2. The molecule has 1 N–H and O–H groups in total. The summed E-state index contributed by atoms with van der Waals surface area (Å²) < 4.78 is 24.3. The molecule has 6 nitrogen and oxygen atoms in total. The second-order valence-electron chi connectivity index (χ2n) is 6.41. The van der Waals surface area contributed by atoms with Crippen LogP contribution in [0.5, 0.6) is 11.5 Å². The monoisotopic (exact) mass is 402 g/mol. The molecule has 0 bridgehead atoms. The van der Waals surface area contributed by atoms with Crippen LogP contribution >= 0.6 is 0 Å². The molecule has 0 spiro atoms. The number of para-hydroxylation sites is 1. The fraction of sp³-hybridized carbons (Fsp3) is 0.364. The summed E-state index contributed by atoms with van der Waals surface area (Å²) in [5.74, 6) is -0.482. The molecule has 2 amide bonds. The number of rotatable bonds is 10. The Hall–Kier alpha value is -3.09. The van der Waals surface area contributed by atoms with E-state index in [1.54, 1.807) is 31.4 Å². The molecule has 2 aromatic carbocycles. The predicted molar refractivity (Wildman–Crippen MR) is 108 cm³/mol. The van der Waals surface area contributed by atoms with Crippen LogP contribution in [0.2, 0.25) is 0 Å². The number of nitrogens with zero attached hydrogens (tertiary/aromatic N) is 1. The Bertz CT molecular complexity index is 811. The molecular weight excluding hydrogens is 375 g/mol. The molecule has 2 rings (SSSR count). The minimum absolute atomic E-state index is 0.00342. The van der Waals surface area contributed by atoms with E-state index in [0.717, 1.165) is 5.56 Å². The average molecular weight is 402 g/mol. The SMILES string of the molecule is CCNC(=O)C(CC)N(Cc1ccc(OC)cc1)C(=O)COc1ccccc1F. The summed E-state index contributed by atoms with van der Waals surface area (Å²) in [6, 6.07) is 12.5. The second kappa shape index (κ2) is 11.0. The van der Waals surface area contributed by atoms with E-state index in [0.29, 0.717) is 18.7 Å². The summed E-state index contributed by atoms with van der Waals surface area (Å²) in [6.45, 7) is 3.98. The van der Waals surface area contributed by atoms with Gasteiger partial charge < -0.3 is 19.7 Å². The summed E-state index contributed by atoms with van der Waals surface area (Å²) in [6.07, 6.45) is 0.438. The van der Waals surface area contributed by atoms with Crippen molar-refractivity contribution in [1.29, 1.82) is 0 Å². The van der Waals surface area contributed by atoms with Gasteiger partial charge in [-0.15, -0.1) is 0 Å². The average Bonchev–Trinajstić information content (AvgIpc) is 2.73. The number of likely N-dealkylation sites (N-methyl/N-ethyl adjacent to an activating group) is 1. The highest BCUT2D eigenvalue weighted by Crippen LogP contribution is 2.18. The van der Waals surface area contributed by atoms with Gasteiger partial charge in [-0.3, -0.25) is 9.59 Å². The second-order valence-corrected chi connectivity index (χ2v) is 6.41. The van der Waals surface area contributed by atoms with E-state index in [4.69, 9.17) is 9.47 Å². The Morgan fingerprint density at radius 2 is 1.79 bits per heavy atom. The third-order valence-electron chi connectivity index (χ3n) is 4.44. The van der Waals surface area contributed by atoms with E-state index in [-0.39, 0.29) is 24.8 Å². The van der Waals surface area contributed by atoms with E-state index in [9.17, 15) is 14.0 Å². The van der Waals surface area contributed by atoms with Crippen LogP contribution in [0.1, 0.15) is 25.8 Å². The summed E-state index contributed by atoms with van der Waals surface area (Å²) in [5, 5.41) is 2.77. The lowest BCUT2D eigenvalue weighted by molar-refractivity contribution is -0.143. The van der Waals surface area contributed by atoms with E-state index in [1.165, 1.54) is 17.0 Å². The van der Waals surface area contributed by atoms with Crippen molar-refractivity contribution in [2.75, 3.05) is 20.3 Å². The molecule has 0 fully saturated rings. The highest BCUT2D eigenvalue weighted by Gasteiger charge is 2.28. The summed E-state index contributed by atoms with van der Waals surface area (Å²) >= 11 is 0. The normalized spacial score (nSPS) is 11.4. The van der Waals surface area contributed by atoms with Crippen molar-refractivity contribution in [3.05, 3.63) is 59.9 Å². The fourth-order valence-electron chi connectivity index (χ4n) is 2.92. The molecule has 0 aromatic heterocycles. The van der Waals surface area contributed by atoms with Gasteiger partial charge in [-0.05, 0) is 43.2 Å². The van der Waals surface area contributed by atoms with Gasteiger partial charge in [0.1, 0.15) is 11.8 Å². The standard InChI is InChI=1S/C22H27FN2O4/c1-4-19(22(27)24-5-2)25(14-16-10-12-17(28-3)13-11-16)21(26)15-29-20-9-7-6-8-18(20)23/h6-13,19H,4-5,14-15H2,1-3H3,(H,24,27). The molecule has 29 heavy (non-hydrogen) atoms. The number of halogens is 1. The van der Waals surface area contributed by atoms with E-state index < -0.39 is 17.8 Å². The lowest BCUT2D eigenvalue weighted by Crippen LogP contribution is -2.50. The number of methoxy groups -OCH3 is 1. The minimum atomic E-state index is -0.659. The van der Waals surface area contributed by atoms with Gasteiger partial charge in [0.15, 0.2) is 18.2 Å². The van der Waals surface area contributed by atoms with Crippen molar-refractivity contribution in [3.8, 4) is 11.5 Å². The van der Waals surface area contributed by atoms with Crippen LogP contribution in [0.15, 0.2) is 48.5 Å². The van der Waals surface area contributed by atoms with Gasteiger partial charge in [-0.2, -0.15) is 0 Å². The molecule has 156 valence electrons. The van der Waals surface area contributed by atoms with Crippen LogP contribution in [0.3, 0.4) is 0 Å². The molecule has 1 atom stereocenters. The molecule has 1 unspecified atom stereocenters. The van der Waals surface area contributed by atoms with Crippen LogP contribution in [-0.4, -0.2) is 43.0 Å².